The maximum Gasteiger partial charge on any atom is 0.205 e. The Bertz CT molecular complexity index is 1040. The summed E-state index contributed by atoms with van der Waals surface area (Å²) in [6.07, 6.45) is 0. The van der Waals surface area contributed by atoms with E-state index in [1.807, 2.05) is 26.0 Å². The molecule has 0 radical (unpaired) electrons. The molecule has 2 heterocycles. The zero-order chi connectivity index (χ0) is 21.8. The van der Waals surface area contributed by atoms with Crippen LogP contribution in [0.5, 0.6) is 11.5 Å². The molecule has 30 heavy (non-hydrogen) atoms. The molecular weight excluding hydrogens is 386 g/mol. The highest BCUT2D eigenvalue weighted by atomic mass is 16.5. The molecule has 160 valence electrons. The van der Waals surface area contributed by atoms with Crippen LogP contribution in [0.4, 0.5) is 0 Å². The van der Waals surface area contributed by atoms with Crippen LogP contribution in [0, 0.1) is 13.8 Å². The van der Waals surface area contributed by atoms with E-state index < -0.39 is 0 Å². The first-order chi connectivity index (χ1) is 14.4. The largest absolute Gasteiger partial charge is 0.493 e. The number of carbonyl (C=O) groups is 1. The first kappa shape index (κ1) is 21.5. The van der Waals surface area contributed by atoms with E-state index in [0.717, 1.165) is 17.0 Å². The Morgan fingerprint density at radius 3 is 2.50 bits per heavy atom. The fourth-order valence-electron chi connectivity index (χ4n) is 3.67. The number of ether oxygens (including phenoxy) is 3. The third-order valence-electron chi connectivity index (χ3n) is 5.01. The lowest BCUT2D eigenvalue weighted by atomic mass is 10.1. The Labute approximate surface area is 175 Å². The number of hydrogen-bond donors (Lipinski definition) is 0. The van der Waals surface area contributed by atoms with Gasteiger partial charge in [-0.3, -0.25) is 4.79 Å². The van der Waals surface area contributed by atoms with E-state index >= 15 is 0 Å². The third kappa shape index (κ3) is 4.20. The number of carbonyl (C=O) groups excluding carboxylic acids is 1. The van der Waals surface area contributed by atoms with Gasteiger partial charge in [-0.15, -0.1) is 10.2 Å². The molecule has 0 fully saturated rings. The second-order valence-electron chi connectivity index (χ2n) is 7.10. The number of nitrogens with zero attached hydrogens (tertiary/aromatic N) is 5. The minimum Gasteiger partial charge on any atom is -0.493 e. The second kappa shape index (κ2) is 9.08. The van der Waals surface area contributed by atoms with Gasteiger partial charge in [0, 0.05) is 29.6 Å². The van der Waals surface area contributed by atoms with Gasteiger partial charge in [-0.05, 0) is 50.3 Å². The van der Waals surface area contributed by atoms with Gasteiger partial charge in [0.05, 0.1) is 26.9 Å². The van der Waals surface area contributed by atoms with E-state index in [1.54, 1.807) is 33.5 Å². The molecule has 0 N–H and O–H groups in total. The maximum atomic E-state index is 12.9. The number of methoxy groups -OCH3 is 3. The molecule has 0 aliphatic heterocycles. The van der Waals surface area contributed by atoms with Gasteiger partial charge in [0.2, 0.25) is 5.82 Å². The van der Waals surface area contributed by atoms with E-state index in [1.165, 1.54) is 4.80 Å². The van der Waals surface area contributed by atoms with Gasteiger partial charge in [0.1, 0.15) is 6.54 Å². The van der Waals surface area contributed by atoms with Crippen LogP contribution in [0.25, 0.3) is 11.4 Å². The molecule has 0 saturated carbocycles. The molecule has 9 nitrogen and oxygen atoms in total. The number of hydrogen-bond acceptors (Lipinski definition) is 7. The van der Waals surface area contributed by atoms with Crippen molar-refractivity contribution in [2.75, 3.05) is 27.9 Å². The molecule has 0 spiro atoms. The Morgan fingerprint density at radius 1 is 1.10 bits per heavy atom. The second-order valence-corrected chi connectivity index (χ2v) is 7.10. The van der Waals surface area contributed by atoms with Crippen molar-refractivity contribution in [3.05, 3.63) is 41.2 Å². The van der Waals surface area contributed by atoms with Crippen LogP contribution in [0.15, 0.2) is 24.3 Å². The monoisotopic (exact) mass is 413 g/mol. The van der Waals surface area contributed by atoms with Crippen LogP contribution in [0.1, 0.15) is 34.7 Å². The topological polar surface area (TPSA) is 93.3 Å². The third-order valence-corrected chi connectivity index (χ3v) is 5.01. The number of Topliss-reactive ketones (excluding diaryl/α,β-unsaturated/α-hetero) is 1. The Morgan fingerprint density at radius 2 is 1.83 bits per heavy atom. The summed E-state index contributed by atoms with van der Waals surface area (Å²) in [7, 11) is 4.81. The van der Waals surface area contributed by atoms with Gasteiger partial charge in [0.25, 0.3) is 0 Å². The average molecular weight is 413 g/mol. The smallest absolute Gasteiger partial charge is 0.205 e. The summed E-state index contributed by atoms with van der Waals surface area (Å²) in [5.41, 5.74) is 3.29. The molecule has 0 aliphatic rings. The van der Waals surface area contributed by atoms with Crippen molar-refractivity contribution in [1.29, 1.82) is 0 Å². The predicted octanol–water partition coefficient (Wildman–Crippen LogP) is 2.87. The van der Waals surface area contributed by atoms with E-state index in [4.69, 9.17) is 14.2 Å². The number of aromatic nitrogens is 5. The molecule has 1 atom stereocenters. The molecule has 2 aromatic heterocycles. The number of tetrazole rings is 1. The summed E-state index contributed by atoms with van der Waals surface area (Å²) in [6.45, 7) is 6.56. The Hall–Kier alpha value is -3.20. The lowest BCUT2D eigenvalue weighted by molar-refractivity contribution is 0.0960. The molecular formula is C21H27N5O4. The molecule has 0 unspecified atom stereocenters. The molecule has 0 saturated heterocycles. The summed E-state index contributed by atoms with van der Waals surface area (Å²) >= 11 is 0. The van der Waals surface area contributed by atoms with E-state index in [2.05, 4.69) is 26.9 Å². The van der Waals surface area contributed by atoms with Gasteiger partial charge in [-0.25, -0.2) is 0 Å². The number of benzene rings is 1. The number of rotatable bonds is 9. The first-order valence-electron chi connectivity index (χ1n) is 9.60. The molecule has 9 heteroatoms. The summed E-state index contributed by atoms with van der Waals surface area (Å²) in [5.74, 6) is 1.51. The SMILES string of the molecule is COC[C@@H](C)n1c(C)cc(C(=O)Cn2nnc(-c3ccc(OC)c(OC)c3)n2)c1C. The normalized spacial score (nSPS) is 12.1. The minimum atomic E-state index is -0.0739. The van der Waals surface area contributed by atoms with Crippen molar-refractivity contribution in [3.8, 4) is 22.9 Å². The zero-order valence-corrected chi connectivity index (χ0v) is 18.2. The molecule has 0 amide bonds. The van der Waals surface area contributed by atoms with Gasteiger partial charge in [-0.2, -0.15) is 4.80 Å². The van der Waals surface area contributed by atoms with E-state index in [9.17, 15) is 4.79 Å². The summed E-state index contributed by atoms with van der Waals surface area (Å²) < 4.78 is 17.9. The van der Waals surface area contributed by atoms with Crippen LogP contribution in [0.3, 0.4) is 0 Å². The molecule has 1 aromatic carbocycles. The molecule has 0 bridgehead atoms. The molecule has 3 aromatic rings. The first-order valence-corrected chi connectivity index (χ1v) is 9.60. The zero-order valence-electron chi connectivity index (χ0n) is 18.2. The van der Waals surface area contributed by atoms with Crippen molar-refractivity contribution in [3.63, 3.8) is 0 Å². The highest BCUT2D eigenvalue weighted by Gasteiger charge is 2.20. The highest BCUT2D eigenvalue weighted by Crippen LogP contribution is 2.30. The van der Waals surface area contributed by atoms with Crippen LogP contribution >= 0.6 is 0 Å². The van der Waals surface area contributed by atoms with Crippen molar-refractivity contribution in [2.45, 2.75) is 33.4 Å². The predicted molar refractivity (Wildman–Crippen MR) is 111 cm³/mol. The lowest BCUT2D eigenvalue weighted by Gasteiger charge is -2.17. The van der Waals surface area contributed by atoms with E-state index in [0.29, 0.717) is 29.5 Å². The van der Waals surface area contributed by atoms with Gasteiger partial charge >= 0.3 is 0 Å². The van der Waals surface area contributed by atoms with Gasteiger partial charge in [-0.1, -0.05) is 0 Å². The average Bonchev–Trinajstić information content (AvgIpc) is 3.31. The van der Waals surface area contributed by atoms with Crippen molar-refractivity contribution < 1.29 is 19.0 Å². The summed E-state index contributed by atoms with van der Waals surface area (Å²) in [5, 5.41) is 12.5. The van der Waals surface area contributed by atoms with Crippen molar-refractivity contribution >= 4 is 5.78 Å². The van der Waals surface area contributed by atoms with Crippen LogP contribution in [0.2, 0.25) is 0 Å². The van der Waals surface area contributed by atoms with Gasteiger partial charge in [0.15, 0.2) is 17.3 Å². The fraction of sp³-hybridized carbons (Fsp3) is 0.429. The highest BCUT2D eigenvalue weighted by molar-refractivity contribution is 5.97. The van der Waals surface area contributed by atoms with Crippen molar-refractivity contribution in [2.24, 2.45) is 0 Å². The fourth-order valence-corrected chi connectivity index (χ4v) is 3.67. The lowest BCUT2D eigenvalue weighted by Crippen LogP contribution is -2.16. The minimum absolute atomic E-state index is 0.00322. The van der Waals surface area contributed by atoms with Crippen LogP contribution < -0.4 is 9.47 Å². The van der Waals surface area contributed by atoms with Crippen LogP contribution in [-0.2, 0) is 11.3 Å². The Kier molecular flexibility index (Phi) is 6.51. The number of ketones is 1. The summed E-state index contributed by atoms with van der Waals surface area (Å²) in [6, 6.07) is 7.39. The molecule has 3 rings (SSSR count). The quantitative estimate of drug-likeness (QED) is 0.498. The standard InChI is InChI=1S/C21H27N5O4/c1-13-9-17(15(3)26(13)14(2)12-28-4)18(27)11-25-23-21(22-24-25)16-7-8-19(29-5)20(10-16)30-6/h7-10,14H,11-12H2,1-6H3/t14-/m1/s1. The van der Waals surface area contributed by atoms with E-state index in [-0.39, 0.29) is 18.4 Å². The summed E-state index contributed by atoms with van der Waals surface area (Å²) in [4.78, 5) is 14.2. The van der Waals surface area contributed by atoms with Gasteiger partial charge < -0.3 is 18.8 Å². The number of aryl methyl sites for hydroxylation is 1. The molecule has 0 aliphatic carbocycles. The van der Waals surface area contributed by atoms with Crippen molar-refractivity contribution in [1.82, 2.24) is 24.8 Å². The Balaban J connectivity index is 1.80. The van der Waals surface area contributed by atoms with Crippen LogP contribution in [-0.4, -0.2) is 58.5 Å². The maximum absolute atomic E-state index is 12.9.